The van der Waals surface area contributed by atoms with Gasteiger partial charge in [0.1, 0.15) is 48.3 Å². The van der Waals surface area contributed by atoms with Crippen LogP contribution >= 0.6 is 11.8 Å². The van der Waals surface area contributed by atoms with Crippen LogP contribution in [0.4, 0.5) is 0 Å². The second-order valence-electron chi connectivity index (χ2n) is 24.0. The summed E-state index contributed by atoms with van der Waals surface area (Å²) in [5.74, 6) is -13.2. The molecule has 32 heteroatoms. The Kier molecular flexibility index (Phi) is 36.0. The molecular formula is C64H99N15O16S. The van der Waals surface area contributed by atoms with Crippen molar-refractivity contribution >= 4 is 99.6 Å². The van der Waals surface area contributed by atoms with Crippen molar-refractivity contribution in [2.24, 2.45) is 28.1 Å². The van der Waals surface area contributed by atoms with Crippen LogP contribution in [0.15, 0.2) is 70.4 Å². The number of carbonyl (C=O) groups excluding carboxylic acids is 10. The molecule has 1 aromatic heterocycles. The molecule has 2 aromatic rings. The number of aromatic nitrogens is 1. The number of aliphatic carboxylic acids is 2. The van der Waals surface area contributed by atoms with Crippen LogP contribution in [-0.2, 0) is 64.0 Å². The Bertz CT molecular complexity index is 3120. The van der Waals surface area contributed by atoms with Gasteiger partial charge in [0.15, 0.2) is 5.96 Å². The van der Waals surface area contributed by atoms with E-state index in [1.807, 2.05) is 13.0 Å². The second kappa shape index (κ2) is 42.5. The molecule has 1 saturated heterocycles. The van der Waals surface area contributed by atoms with Gasteiger partial charge in [0, 0.05) is 48.0 Å². The van der Waals surface area contributed by atoms with Crippen LogP contribution in [0.3, 0.4) is 0 Å². The Morgan fingerprint density at radius 1 is 0.688 bits per heavy atom. The topological polar surface area (TPSA) is 512 Å². The third-order valence-electron chi connectivity index (χ3n) is 15.7. The Balaban J connectivity index is 1.83. The van der Waals surface area contributed by atoms with Gasteiger partial charge < -0.3 is 95.8 Å². The molecule has 96 heavy (non-hydrogen) atoms. The van der Waals surface area contributed by atoms with Gasteiger partial charge in [0.25, 0.3) is 0 Å². The summed E-state index contributed by atoms with van der Waals surface area (Å²) in [6.45, 7) is 11.2. The lowest BCUT2D eigenvalue weighted by molar-refractivity contribution is -0.141. The van der Waals surface area contributed by atoms with E-state index in [2.05, 4.69) is 96.1 Å². The van der Waals surface area contributed by atoms with Crippen molar-refractivity contribution in [2.45, 2.75) is 192 Å². The minimum Gasteiger partial charge on any atom is -0.481 e. The highest BCUT2D eigenvalue weighted by molar-refractivity contribution is 7.99. The molecule has 31 nitrogen and oxygen atoms in total. The number of primary amides is 1. The van der Waals surface area contributed by atoms with Gasteiger partial charge in [-0.1, -0.05) is 73.4 Å². The molecule has 1 aromatic carbocycles. The number of benzene rings is 1. The zero-order valence-corrected chi connectivity index (χ0v) is 56.5. The SMILES string of the molecule is CC[C@H](C)[C@H](NC(=O)[C@H](CCC(=O)O)NC(=O)[C@@H]1CCCN1)C(=O)N[C@@H](CO)C(=O)N[C@@H](Cc1c[nH]c2ccccc12)C(=O)N[C@H](C(=O)N[C@@H](CCCN=C(N)N)C(=O)N[C@@H](CC(N)=O)C(=O)NCC(=O)N[C@@H](CSC/C=C(\C)CC/C=C(\C)CCC=C(C)C)C(=O)O)[C@@H](C)O. The fourth-order valence-corrected chi connectivity index (χ4v) is 10.9. The number of hydrogen-bond donors (Lipinski definition) is 18. The smallest absolute Gasteiger partial charge is 0.327 e. The van der Waals surface area contributed by atoms with E-state index in [1.54, 1.807) is 44.3 Å². The van der Waals surface area contributed by atoms with Crippen molar-refractivity contribution in [1.82, 2.24) is 58.2 Å². The number of amides is 10. The number of carboxylic acids is 2. The number of aromatic amines is 1. The molecule has 3 rings (SSSR count). The summed E-state index contributed by atoms with van der Waals surface area (Å²) in [7, 11) is 0. The number of aliphatic hydroxyl groups excluding tert-OH is 2. The van der Waals surface area contributed by atoms with E-state index in [0.29, 0.717) is 41.6 Å². The Morgan fingerprint density at radius 2 is 1.28 bits per heavy atom. The van der Waals surface area contributed by atoms with E-state index >= 15 is 0 Å². The maximum absolute atomic E-state index is 14.6. The summed E-state index contributed by atoms with van der Waals surface area (Å²) in [5, 5.41) is 66.5. The normalized spacial score (nSPS) is 16.2. The molecule has 1 aliphatic heterocycles. The number of thioether (sulfide) groups is 1. The highest BCUT2D eigenvalue weighted by atomic mass is 32.2. The van der Waals surface area contributed by atoms with Crippen molar-refractivity contribution in [3.8, 4) is 0 Å². The number of hydrogen-bond acceptors (Lipinski definition) is 17. The number of nitrogens with zero attached hydrogens (tertiary/aromatic N) is 1. The van der Waals surface area contributed by atoms with E-state index < -0.39 is 163 Å². The molecule has 0 radical (unpaired) electrons. The quantitative estimate of drug-likeness (QED) is 0.0162. The molecule has 532 valence electrons. The van der Waals surface area contributed by atoms with E-state index in [0.717, 1.165) is 38.2 Å². The molecule has 0 bridgehead atoms. The Hall–Kier alpha value is -8.88. The number of para-hydroxylation sites is 1. The minimum absolute atomic E-state index is 0.0159. The highest BCUT2D eigenvalue weighted by Gasteiger charge is 2.38. The van der Waals surface area contributed by atoms with Crippen LogP contribution < -0.4 is 70.4 Å². The van der Waals surface area contributed by atoms with Crippen LogP contribution in [0.2, 0.25) is 0 Å². The third kappa shape index (κ3) is 29.8. The first-order valence-electron chi connectivity index (χ1n) is 32.0. The number of nitrogens with one attached hydrogen (secondary N) is 11. The molecule has 0 aliphatic carbocycles. The van der Waals surface area contributed by atoms with Crippen LogP contribution in [0.1, 0.15) is 131 Å². The summed E-state index contributed by atoms with van der Waals surface area (Å²) in [5.41, 5.74) is 21.2. The lowest BCUT2D eigenvalue weighted by atomic mass is 9.97. The standard InChI is InChI=1S/C64H99N15O16S/c1-8-38(6)53(78-58(89)45(23-24-52(84)85)73-56(87)43-21-13-26-68-43)61(92)77-48(33-80)60(91)75-46(29-40-31-70-42-20-10-9-19-41(40)42)59(90)79-54(39(7)81)62(93)74-44(22-14-27-69-64(66)67)57(88)76-47(30-50(65)82)55(86)71-32-51(83)72-49(63(94)95)34-96-28-25-37(5)18-12-17-36(4)16-11-15-35(2)3/h9-10,15,17,19-20,25,31,38-39,43-49,53-54,68,70,80-81H,8,11-14,16,18,21-24,26-30,32-34H2,1-7H3,(H2,65,82)(H,71,86)(H,72,83)(H,73,87)(H,74,93)(H,75,91)(H,76,88)(H,77,92)(H,78,89)(H,79,90)(H,84,85)(H,94,95)(H4,66,67,69)/b36-17+,37-25+/t38-,39+,43-,44-,45-,46-,47-,48-,49-,53-,54-/m0/s1. The van der Waals surface area contributed by atoms with Crippen LogP contribution in [0.5, 0.6) is 0 Å². The van der Waals surface area contributed by atoms with Crippen LogP contribution in [-0.4, -0.2) is 201 Å². The number of allylic oxidation sites excluding steroid dienone is 5. The number of aliphatic hydroxyl groups is 2. The number of aliphatic imine (C=N–C) groups is 1. The molecule has 10 amide bonds. The van der Waals surface area contributed by atoms with E-state index in [1.165, 1.54) is 22.9 Å². The number of nitrogens with two attached hydrogens (primary N) is 3. The summed E-state index contributed by atoms with van der Waals surface area (Å²) in [6, 6.07) is -6.69. The van der Waals surface area contributed by atoms with Gasteiger partial charge in [0.2, 0.25) is 59.1 Å². The third-order valence-corrected chi connectivity index (χ3v) is 16.7. The van der Waals surface area contributed by atoms with Gasteiger partial charge in [0.05, 0.1) is 31.7 Å². The van der Waals surface area contributed by atoms with E-state index in [4.69, 9.17) is 17.2 Å². The molecular weight excluding hydrogens is 1270 g/mol. The maximum atomic E-state index is 14.6. The molecule has 0 spiro atoms. The first kappa shape index (κ1) is 81.4. The summed E-state index contributed by atoms with van der Waals surface area (Å²) in [6.07, 6.45) is 8.97. The second-order valence-corrected chi connectivity index (χ2v) is 25.1. The molecule has 11 atom stereocenters. The highest BCUT2D eigenvalue weighted by Crippen LogP contribution is 2.21. The van der Waals surface area contributed by atoms with Crippen molar-refractivity contribution in [1.29, 1.82) is 0 Å². The zero-order valence-electron chi connectivity index (χ0n) is 55.7. The molecule has 2 heterocycles. The van der Waals surface area contributed by atoms with Crippen molar-refractivity contribution in [3.05, 3.63) is 71.0 Å². The number of H-pyrrole nitrogens is 1. The largest absolute Gasteiger partial charge is 0.481 e. The van der Waals surface area contributed by atoms with Crippen LogP contribution in [0.25, 0.3) is 10.9 Å². The van der Waals surface area contributed by atoms with Gasteiger partial charge >= 0.3 is 11.9 Å². The van der Waals surface area contributed by atoms with Crippen molar-refractivity contribution < 1.29 is 78.0 Å². The first-order valence-corrected chi connectivity index (χ1v) is 33.2. The molecule has 0 unspecified atom stereocenters. The number of rotatable bonds is 44. The maximum Gasteiger partial charge on any atom is 0.327 e. The van der Waals surface area contributed by atoms with Crippen molar-refractivity contribution in [3.63, 3.8) is 0 Å². The van der Waals surface area contributed by atoms with Crippen molar-refractivity contribution in [2.75, 3.05) is 37.7 Å². The predicted octanol–water partition coefficient (Wildman–Crippen LogP) is -1.09. The van der Waals surface area contributed by atoms with Gasteiger partial charge in [-0.3, -0.25) is 57.7 Å². The van der Waals surface area contributed by atoms with Gasteiger partial charge in [-0.2, -0.15) is 11.8 Å². The average molecular weight is 1370 g/mol. The predicted molar refractivity (Wildman–Crippen MR) is 361 cm³/mol. The zero-order chi connectivity index (χ0) is 71.6. The molecule has 1 fully saturated rings. The van der Waals surface area contributed by atoms with Gasteiger partial charge in [-0.05, 0) is 116 Å². The Labute approximate surface area is 562 Å². The van der Waals surface area contributed by atoms with Crippen LogP contribution in [0, 0.1) is 5.92 Å². The number of guanidine groups is 1. The van der Waals surface area contributed by atoms with E-state index in [-0.39, 0.29) is 50.4 Å². The first-order chi connectivity index (χ1) is 45.4. The number of fused-ring (bicyclic) bond motifs is 1. The number of carboxylic acid groups (broad SMARTS) is 2. The number of carbonyl (C=O) groups is 12. The average Bonchev–Trinajstić information content (AvgIpc) is 1.61. The lowest BCUT2D eigenvalue weighted by Crippen LogP contribution is -2.62. The molecule has 21 N–H and O–H groups in total. The summed E-state index contributed by atoms with van der Waals surface area (Å²) < 4.78 is 0. The van der Waals surface area contributed by atoms with Gasteiger partial charge in [-0.25, -0.2) is 4.79 Å². The monoisotopic (exact) mass is 1370 g/mol. The van der Waals surface area contributed by atoms with Gasteiger partial charge in [-0.15, -0.1) is 0 Å². The molecule has 1 aliphatic rings. The van der Waals surface area contributed by atoms with E-state index in [9.17, 15) is 78.0 Å². The fraction of sp³-hybridized carbons (Fsp3) is 0.578. The fourth-order valence-electron chi connectivity index (χ4n) is 9.94. The summed E-state index contributed by atoms with van der Waals surface area (Å²) in [4.78, 5) is 168. The lowest BCUT2D eigenvalue weighted by Gasteiger charge is -2.29. The minimum atomic E-state index is -1.92. The molecule has 0 saturated carbocycles. The Morgan fingerprint density at radius 3 is 1.90 bits per heavy atom. The summed E-state index contributed by atoms with van der Waals surface area (Å²) >= 11 is 1.27.